The monoisotopic (exact) mass is 729 g/mol. The van der Waals surface area contributed by atoms with E-state index in [4.69, 9.17) is 9.47 Å². The van der Waals surface area contributed by atoms with Gasteiger partial charge >= 0.3 is 24.4 Å². The minimum atomic E-state index is -5.65. The van der Waals surface area contributed by atoms with Crippen molar-refractivity contribution in [3.8, 4) is 5.75 Å². The van der Waals surface area contributed by atoms with E-state index in [0.717, 1.165) is 40.9 Å². The lowest BCUT2D eigenvalue weighted by atomic mass is 9.52. The molecular formula is C34H43F8NO5S. The zero-order chi connectivity index (χ0) is 35.9. The van der Waals surface area contributed by atoms with Crippen LogP contribution in [0.15, 0.2) is 12.1 Å². The number of ketones is 1. The van der Waals surface area contributed by atoms with Crippen LogP contribution in [0.1, 0.15) is 87.8 Å². The van der Waals surface area contributed by atoms with E-state index < -0.39 is 66.1 Å². The summed E-state index contributed by atoms with van der Waals surface area (Å²) in [6, 6.07) is 3.82. The second-order valence-corrected chi connectivity index (χ2v) is 15.9. The number of ether oxygens (including phenoxy) is 2. The van der Waals surface area contributed by atoms with Gasteiger partial charge in [-0.05, 0) is 97.8 Å². The summed E-state index contributed by atoms with van der Waals surface area (Å²) in [4.78, 5) is 27.1. The van der Waals surface area contributed by atoms with E-state index in [1.54, 1.807) is 6.07 Å². The second kappa shape index (κ2) is 14.4. The van der Waals surface area contributed by atoms with Crippen LogP contribution in [0.25, 0.3) is 0 Å². The minimum absolute atomic E-state index is 0.0439. The number of aryl methyl sites for hydroxylation is 1. The lowest BCUT2D eigenvalue weighted by Crippen LogP contribution is -2.51. The molecule has 0 bridgehead atoms. The first kappa shape index (κ1) is 38.0. The zero-order valence-electron chi connectivity index (χ0n) is 27.6. The van der Waals surface area contributed by atoms with Crippen LogP contribution in [0.5, 0.6) is 5.75 Å². The van der Waals surface area contributed by atoms with E-state index in [0.29, 0.717) is 32.1 Å². The lowest BCUT2D eigenvalue weighted by Gasteiger charge is -2.52. The van der Waals surface area contributed by atoms with Crippen LogP contribution >= 0.6 is 0 Å². The molecule has 49 heavy (non-hydrogen) atoms. The Morgan fingerprint density at radius 2 is 1.80 bits per heavy atom. The molecule has 1 heterocycles. The average molecular weight is 730 g/mol. The number of carbonyl (C=O) groups excluding carboxylic acids is 2. The summed E-state index contributed by atoms with van der Waals surface area (Å²) in [7, 11) is -1.58. The molecule has 2 saturated carbocycles. The summed E-state index contributed by atoms with van der Waals surface area (Å²) < 4.78 is 127. The van der Waals surface area contributed by atoms with Crippen molar-refractivity contribution >= 4 is 22.7 Å². The third-order valence-corrected chi connectivity index (χ3v) is 12.8. The predicted octanol–water partition coefficient (Wildman–Crippen LogP) is 8.17. The maximum Gasteiger partial charge on any atom is 0.453 e. The molecule has 15 heteroatoms. The van der Waals surface area contributed by atoms with E-state index in [2.05, 4.69) is 0 Å². The van der Waals surface area contributed by atoms with Crippen LogP contribution in [0.2, 0.25) is 0 Å². The number of nitrogens with zero attached hydrogens (tertiary/aromatic N) is 1. The fourth-order valence-corrected chi connectivity index (χ4v) is 9.82. The van der Waals surface area contributed by atoms with Gasteiger partial charge in [-0.3, -0.25) is 9.00 Å². The molecule has 0 aromatic heterocycles. The topological polar surface area (TPSA) is 72.9 Å². The maximum atomic E-state index is 13.3. The van der Waals surface area contributed by atoms with Gasteiger partial charge in [0.1, 0.15) is 11.5 Å². The Balaban J connectivity index is 1.32. The standard InChI is InChI=1S/C34H43F8NO5S/c1-3-20-17-24-22(18-26(20)48-30(45)43-12-13-47-28(19-43)33(37,38)39)16-21(29-23(24)9-11-31(2)25(29)7-8-27(31)44)6-4-14-49(46)15-5-10-32(35,36)34(40,41)42/h17-18,21,23,25,28-29H,3-16,19H2,1-2H3/t21-,23-,25+,28?,29-,31+,49?/m1/s1. The number of amides is 1. The molecule has 4 aliphatic rings. The van der Waals surface area contributed by atoms with Gasteiger partial charge < -0.3 is 14.4 Å². The number of hydrogen-bond donors (Lipinski definition) is 0. The Labute approximate surface area is 283 Å². The summed E-state index contributed by atoms with van der Waals surface area (Å²) in [5.41, 5.74) is 2.34. The third-order valence-electron chi connectivity index (χ3n) is 11.3. The van der Waals surface area contributed by atoms with E-state index in [9.17, 15) is 48.9 Å². The Morgan fingerprint density at radius 1 is 1.08 bits per heavy atom. The van der Waals surface area contributed by atoms with Gasteiger partial charge in [-0.1, -0.05) is 19.9 Å². The van der Waals surface area contributed by atoms with Crippen molar-refractivity contribution in [2.75, 3.05) is 31.2 Å². The van der Waals surface area contributed by atoms with Crippen molar-refractivity contribution in [2.24, 2.45) is 23.2 Å². The molecule has 1 aromatic carbocycles. The first-order chi connectivity index (χ1) is 22.9. The van der Waals surface area contributed by atoms with Gasteiger partial charge in [0.15, 0.2) is 6.10 Å². The fourth-order valence-electron chi connectivity index (χ4n) is 8.66. The van der Waals surface area contributed by atoms with Gasteiger partial charge in [0, 0.05) is 47.1 Å². The number of carbonyl (C=O) groups is 2. The van der Waals surface area contributed by atoms with Crippen LogP contribution in [0.4, 0.5) is 39.9 Å². The second-order valence-electron chi connectivity index (χ2n) is 14.2. The molecule has 1 aliphatic heterocycles. The molecule has 0 N–H and O–H groups in total. The molecule has 5 rings (SSSR count). The van der Waals surface area contributed by atoms with Gasteiger partial charge in [0.25, 0.3) is 0 Å². The number of hydrogen-bond acceptors (Lipinski definition) is 5. The highest BCUT2D eigenvalue weighted by Crippen LogP contribution is 2.62. The van der Waals surface area contributed by atoms with Gasteiger partial charge in [-0.2, -0.15) is 35.1 Å². The molecule has 1 amide bonds. The Bertz CT molecular complexity index is 1420. The van der Waals surface area contributed by atoms with E-state index in [-0.39, 0.29) is 59.9 Å². The molecule has 7 atom stereocenters. The van der Waals surface area contributed by atoms with Gasteiger partial charge in [-0.15, -0.1) is 0 Å². The third kappa shape index (κ3) is 7.97. The van der Waals surface area contributed by atoms with Crippen LogP contribution in [0, 0.1) is 23.2 Å². The minimum Gasteiger partial charge on any atom is -0.410 e. The van der Waals surface area contributed by atoms with E-state index in [1.807, 2.05) is 19.9 Å². The molecule has 0 spiro atoms. The fraction of sp³-hybridized carbons (Fsp3) is 0.765. The van der Waals surface area contributed by atoms with Crippen molar-refractivity contribution < 1.29 is 58.4 Å². The summed E-state index contributed by atoms with van der Waals surface area (Å²) >= 11 is 0. The van der Waals surface area contributed by atoms with Crippen LogP contribution in [-0.2, 0) is 33.2 Å². The average Bonchev–Trinajstić information content (AvgIpc) is 3.33. The van der Waals surface area contributed by atoms with Crippen LogP contribution in [-0.4, -0.2) is 76.6 Å². The molecule has 1 saturated heterocycles. The molecule has 0 radical (unpaired) electrons. The number of benzene rings is 1. The van der Waals surface area contributed by atoms with Gasteiger partial charge in [0.05, 0.1) is 13.2 Å². The highest BCUT2D eigenvalue weighted by Gasteiger charge is 2.58. The first-order valence-electron chi connectivity index (χ1n) is 17.0. The van der Waals surface area contributed by atoms with Crippen molar-refractivity contribution in [3.63, 3.8) is 0 Å². The molecule has 276 valence electrons. The SMILES string of the molecule is CCc1cc2c(cc1OC(=O)N1CCOC(C(F)(F)F)C1)C[C@@H](CCCS(=O)CCCC(F)(F)C(F)(F)F)[C@@H]1[C@@H]2CC[C@]2(C)C(=O)CC[C@@H]12. The van der Waals surface area contributed by atoms with Gasteiger partial charge in [0.2, 0.25) is 0 Å². The van der Waals surface area contributed by atoms with E-state index in [1.165, 1.54) is 0 Å². The van der Waals surface area contributed by atoms with E-state index >= 15 is 0 Å². The van der Waals surface area contributed by atoms with Crippen LogP contribution < -0.4 is 4.74 Å². The summed E-state index contributed by atoms with van der Waals surface area (Å²) in [6.45, 7) is 2.94. The molecule has 3 aliphatic carbocycles. The normalized spacial score (nSPS) is 29.6. The van der Waals surface area contributed by atoms with Crippen LogP contribution in [0.3, 0.4) is 0 Å². The highest BCUT2D eigenvalue weighted by molar-refractivity contribution is 7.84. The number of fused-ring (bicyclic) bond motifs is 5. The summed E-state index contributed by atoms with van der Waals surface area (Å²) in [5, 5.41) is 0. The quantitative estimate of drug-likeness (QED) is 0.227. The molecule has 3 fully saturated rings. The predicted molar refractivity (Wildman–Crippen MR) is 165 cm³/mol. The Hall–Kier alpha value is -2.29. The molecule has 2 unspecified atom stereocenters. The van der Waals surface area contributed by atoms with Gasteiger partial charge in [-0.25, -0.2) is 4.79 Å². The highest BCUT2D eigenvalue weighted by atomic mass is 32.2. The first-order valence-corrected chi connectivity index (χ1v) is 18.5. The smallest absolute Gasteiger partial charge is 0.410 e. The number of Topliss-reactive ketones (excluding diaryl/α,β-unsaturated/α-hetero) is 1. The molecular weight excluding hydrogens is 686 g/mol. The lowest BCUT2D eigenvalue weighted by molar-refractivity contribution is -0.284. The number of morpholine rings is 1. The van der Waals surface area contributed by atoms with Crippen molar-refractivity contribution in [1.29, 1.82) is 0 Å². The number of halogens is 8. The maximum absolute atomic E-state index is 13.3. The number of alkyl halides is 8. The zero-order valence-corrected chi connectivity index (χ0v) is 28.4. The Kier molecular flexibility index (Phi) is 11.1. The molecule has 6 nitrogen and oxygen atoms in total. The summed E-state index contributed by atoms with van der Waals surface area (Å²) in [6.07, 6.45) is -10.3. The van der Waals surface area contributed by atoms with Crippen molar-refractivity contribution in [1.82, 2.24) is 4.90 Å². The summed E-state index contributed by atoms with van der Waals surface area (Å²) in [5.74, 6) is -3.99. The number of rotatable bonds is 10. The largest absolute Gasteiger partial charge is 0.453 e. The Morgan fingerprint density at radius 3 is 2.47 bits per heavy atom. The van der Waals surface area contributed by atoms with Crippen molar-refractivity contribution in [2.45, 2.75) is 108 Å². The van der Waals surface area contributed by atoms with Crippen molar-refractivity contribution in [3.05, 3.63) is 28.8 Å². The molecule has 1 aromatic rings.